The van der Waals surface area contributed by atoms with E-state index in [-0.39, 0.29) is 6.04 Å². The van der Waals surface area contributed by atoms with Crippen molar-refractivity contribution in [2.24, 2.45) is 0 Å². The molecule has 4 aromatic rings. The summed E-state index contributed by atoms with van der Waals surface area (Å²) in [6, 6.07) is 14.9. The first kappa shape index (κ1) is 21.0. The van der Waals surface area contributed by atoms with Gasteiger partial charge in [0.1, 0.15) is 0 Å². The van der Waals surface area contributed by atoms with Crippen molar-refractivity contribution < 1.29 is 10.0 Å². The van der Waals surface area contributed by atoms with Gasteiger partial charge in [0.15, 0.2) is 5.82 Å². The Bertz CT molecular complexity index is 1280. The third kappa shape index (κ3) is 4.55. The van der Waals surface area contributed by atoms with Crippen molar-refractivity contribution in [1.29, 1.82) is 0 Å². The number of carbonyl (C=O) groups is 1. The van der Waals surface area contributed by atoms with Crippen molar-refractivity contribution >= 4 is 22.9 Å². The van der Waals surface area contributed by atoms with Gasteiger partial charge < -0.3 is 4.98 Å². The monoisotopic (exact) mass is 443 g/mol. The minimum atomic E-state index is -0.544. The smallest absolute Gasteiger partial charge is 0.267 e. The second-order valence-electron chi connectivity index (χ2n) is 8.23. The van der Waals surface area contributed by atoms with E-state index in [1.165, 1.54) is 28.2 Å². The number of fused-ring (bicyclic) bond motifs is 2. The molecule has 0 spiro atoms. The quantitative estimate of drug-likeness (QED) is 0.189. The molecule has 0 saturated heterocycles. The number of nitrogens with one attached hydrogen (secondary N) is 3. The fourth-order valence-corrected chi connectivity index (χ4v) is 4.69. The topological polar surface area (TPSA) is 123 Å². The standard InChI is InChI=1S/C24H25N7O2/c32-24(28-33)10-6-16-5-8-20-17(13-16)7-9-22(20)31(15-23-26-29-30-27-23)12-11-18-14-25-21-4-2-1-3-19(18)21/h1-6,8,10,13-14,22,25,33H,7,9,11-12,15H2,(H,28,32)(H,26,27,29,30)/b10-6+. The van der Waals surface area contributed by atoms with Gasteiger partial charge in [0.05, 0.1) is 6.54 Å². The third-order valence-electron chi connectivity index (χ3n) is 6.27. The van der Waals surface area contributed by atoms with Gasteiger partial charge in [0, 0.05) is 35.8 Å². The Morgan fingerprint density at radius 2 is 2.18 bits per heavy atom. The molecule has 33 heavy (non-hydrogen) atoms. The van der Waals surface area contributed by atoms with Crippen molar-refractivity contribution in [2.45, 2.75) is 31.8 Å². The Labute approximate surface area is 190 Å². The number of amides is 1. The van der Waals surface area contributed by atoms with Crippen LogP contribution in [-0.2, 0) is 24.2 Å². The molecule has 0 saturated carbocycles. The molecule has 9 nitrogen and oxygen atoms in total. The molecule has 4 N–H and O–H groups in total. The number of aromatic amines is 2. The number of carbonyl (C=O) groups excluding carboxylic acids is 1. The number of hydrogen-bond donors (Lipinski definition) is 4. The summed E-state index contributed by atoms with van der Waals surface area (Å²) < 4.78 is 0. The molecule has 9 heteroatoms. The maximum absolute atomic E-state index is 11.3. The molecular weight excluding hydrogens is 418 g/mol. The molecule has 1 atom stereocenters. The summed E-state index contributed by atoms with van der Waals surface area (Å²) in [5, 5.41) is 24.6. The minimum absolute atomic E-state index is 0.252. The van der Waals surface area contributed by atoms with Crippen LogP contribution in [0.15, 0.2) is 54.7 Å². The van der Waals surface area contributed by atoms with E-state index in [0.717, 1.165) is 36.9 Å². The summed E-state index contributed by atoms with van der Waals surface area (Å²) in [5.74, 6) is 0.133. The summed E-state index contributed by atoms with van der Waals surface area (Å²) in [4.78, 5) is 17.1. The Morgan fingerprint density at radius 1 is 1.27 bits per heavy atom. The lowest BCUT2D eigenvalue weighted by atomic mass is 10.0. The lowest BCUT2D eigenvalue weighted by Crippen LogP contribution is -2.30. The highest BCUT2D eigenvalue weighted by Crippen LogP contribution is 2.37. The zero-order valence-electron chi connectivity index (χ0n) is 18.0. The van der Waals surface area contributed by atoms with Gasteiger partial charge in [-0.3, -0.25) is 14.9 Å². The van der Waals surface area contributed by atoms with Crippen LogP contribution in [0.25, 0.3) is 17.0 Å². The van der Waals surface area contributed by atoms with E-state index >= 15 is 0 Å². The minimum Gasteiger partial charge on any atom is -0.361 e. The van der Waals surface area contributed by atoms with Crippen LogP contribution in [0.4, 0.5) is 0 Å². The van der Waals surface area contributed by atoms with Gasteiger partial charge in [0.25, 0.3) is 5.91 Å². The van der Waals surface area contributed by atoms with Crippen molar-refractivity contribution in [3.05, 3.63) is 82.8 Å². The molecule has 0 radical (unpaired) electrons. The van der Waals surface area contributed by atoms with Crippen molar-refractivity contribution in [2.75, 3.05) is 6.54 Å². The number of rotatable bonds is 8. The molecule has 2 aromatic carbocycles. The molecule has 0 bridgehead atoms. The number of nitrogens with zero attached hydrogens (tertiary/aromatic N) is 4. The second-order valence-corrected chi connectivity index (χ2v) is 8.23. The highest BCUT2D eigenvalue weighted by atomic mass is 16.5. The van der Waals surface area contributed by atoms with Gasteiger partial charge in [-0.25, -0.2) is 5.48 Å². The van der Waals surface area contributed by atoms with Gasteiger partial charge in [-0.2, -0.15) is 5.21 Å². The van der Waals surface area contributed by atoms with Gasteiger partial charge in [-0.1, -0.05) is 41.6 Å². The predicted molar refractivity (Wildman–Crippen MR) is 123 cm³/mol. The van der Waals surface area contributed by atoms with E-state index in [4.69, 9.17) is 5.21 Å². The number of tetrazole rings is 1. The van der Waals surface area contributed by atoms with Gasteiger partial charge in [-0.05, 0) is 53.7 Å². The molecule has 1 unspecified atom stereocenters. The number of aryl methyl sites for hydroxylation is 1. The average molecular weight is 444 g/mol. The van der Waals surface area contributed by atoms with Crippen LogP contribution in [-0.4, -0.2) is 48.2 Å². The Balaban J connectivity index is 1.37. The summed E-state index contributed by atoms with van der Waals surface area (Å²) in [6.07, 6.45) is 7.99. The number of hydroxylamine groups is 1. The van der Waals surface area contributed by atoms with Crippen LogP contribution in [0.1, 0.15) is 40.5 Å². The van der Waals surface area contributed by atoms with Crippen LogP contribution >= 0.6 is 0 Å². The van der Waals surface area contributed by atoms with E-state index in [2.05, 4.69) is 67.0 Å². The van der Waals surface area contributed by atoms with E-state index in [1.807, 2.05) is 12.1 Å². The van der Waals surface area contributed by atoms with Crippen LogP contribution in [0.3, 0.4) is 0 Å². The van der Waals surface area contributed by atoms with E-state index in [9.17, 15) is 4.79 Å². The predicted octanol–water partition coefficient (Wildman–Crippen LogP) is 2.93. The first-order valence-corrected chi connectivity index (χ1v) is 11.0. The molecule has 2 heterocycles. The zero-order chi connectivity index (χ0) is 22.6. The highest BCUT2D eigenvalue weighted by Gasteiger charge is 2.29. The molecule has 1 amide bonds. The first-order chi connectivity index (χ1) is 16.2. The zero-order valence-corrected chi connectivity index (χ0v) is 18.0. The Hall–Kier alpha value is -3.82. The van der Waals surface area contributed by atoms with Crippen LogP contribution in [0.5, 0.6) is 0 Å². The highest BCUT2D eigenvalue weighted by molar-refractivity contribution is 5.90. The molecule has 2 aromatic heterocycles. The normalized spacial score (nSPS) is 15.5. The number of benzene rings is 2. The fourth-order valence-electron chi connectivity index (χ4n) is 4.69. The van der Waals surface area contributed by atoms with Crippen LogP contribution in [0.2, 0.25) is 0 Å². The maximum atomic E-state index is 11.3. The summed E-state index contributed by atoms with van der Waals surface area (Å²) in [5.41, 5.74) is 7.56. The summed E-state index contributed by atoms with van der Waals surface area (Å²) in [7, 11) is 0. The summed E-state index contributed by atoms with van der Waals surface area (Å²) in [6.45, 7) is 1.47. The van der Waals surface area contributed by atoms with Gasteiger partial charge in [-0.15, -0.1) is 10.2 Å². The SMILES string of the molecule is O=C(/C=C/c1ccc2c(c1)CCC2N(CCc1c[nH]c2ccccc12)Cc1nn[nH]n1)NO. The summed E-state index contributed by atoms with van der Waals surface area (Å²) >= 11 is 0. The number of para-hydroxylation sites is 1. The van der Waals surface area contributed by atoms with Crippen molar-refractivity contribution in [3.8, 4) is 0 Å². The van der Waals surface area contributed by atoms with Crippen molar-refractivity contribution in [1.82, 2.24) is 36.0 Å². The van der Waals surface area contributed by atoms with Crippen LogP contribution in [0, 0.1) is 0 Å². The number of hydrogen-bond acceptors (Lipinski definition) is 6. The third-order valence-corrected chi connectivity index (χ3v) is 6.27. The van der Waals surface area contributed by atoms with E-state index in [1.54, 1.807) is 11.6 Å². The molecule has 0 fully saturated rings. The number of H-pyrrole nitrogens is 2. The molecule has 168 valence electrons. The molecule has 1 aliphatic carbocycles. The Kier molecular flexibility index (Phi) is 5.97. The first-order valence-electron chi connectivity index (χ1n) is 11.0. The average Bonchev–Trinajstić information content (AvgIpc) is 3.60. The fraction of sp³-hybridized carbons (Fsp3) is 0.250. The van der Waals surface area contributed by atoms with Crippen LogP contribution < -0.4 is 5.48 Å². The van der Waals surface area contributed by atoms with E-state index in [0.29, 0.717) is 12.4 Å². The second kappa shape index (κ2) is 9.35. The Morgan fingerprint density at radius 3 is 3.03 bits per heavy atom. The molecule has 5 rings (SSSR count). The van der Waals surface area contributed by atoms with Gasteiger partial charge in [0.2, 0.25) is 0 Å². The largest absolute Gasteiger partial charge is 0.361 e. The lowest BCUT2D eigenvalue weighted by Gasteiger charge is -2.28. The molecule has 0 aliphatic heterocycles. The van der Waals surface area contributed by atoms with Crippen molar-refractivity contribution in [3.63, 3.8) is 0 Å². The lowest BCUT2D eigenvalue weighted by molar-refractivity contribution is -0.124. The maximum Gasteiger partial charge on any atom is 0.267 e. The molecule has 1 aliphatic rings. The van der Waals surface area contributed by atoms with E-state index < -0.39 is 5.91 Å². The number of aromatic nitrogens is 5. The van der Waals surface area contributed by atoms with Gasteiger partial charge >= 0.3 is 0 Å². The molecular formula is C24H25N7O2.